The van der Waals surface area contributed by atoms with Gasteiger partial charge in [-0.2, -0.15) is 13.2 Å². The second-order valence-corrected chi connectivity index (χ2v) is 4.59. The van der Waals surface area contributed by atoms with Gasteiger partial charge in [-0.15, -0.1) is 0 Å². The average molecular weight is 253 g/mol. The molecule has 0 radical (unpaired) electrons. The fourth-order valence-electron chi connectivity index (χ4n) is 2.59. The first-order valence-electron chi connectivity index (χ1n) is 6.39. The number of alkyl halides is 3. The normalized spacial score (nSPS) is 27.4. The molecule has 2 nitrogen and oxygen atoms in total. The van der Waals surface area contributed by atoms with Gasteiger partial charge in [-0.05, 0) is 25.8 Å². The second-order valence-electron chi connectivity index (χ2n) is 4.59. The van der Waals surface area contributed by atoms with E-state index in [4.69, 9.17) is 4.74 Å². The maximum absolute atomic E-state index is 12.3. The molecule has 1 N–H and O–H groups in total. The zero-order valence-electron chi connectivity index (χ0n) is 10.5. The van der Waals surface area contributed by atoms with E-state index in [0.29, 0.717) is 13.2 Å². The largest absolute Gasteiger partial charge is 0.389 e. The Balaban J connectivity index is 2.52. The average Bonchev–Trinajstić information content (AvgIpc) is 2.70. The van der Waals surface area contributed by atoms with E-state index in [1.807, 2.05) is 13.8 Å². The monoisotopic (exact) mass is 253 g/mol. The highest BCUT2D eigenvalue weighted by Gasteiger charge is 2.36. The lowest BCUT2D eigenvalue weighted by Crippen LogP contribution is -2.40. The first-order chi connectivity index (χ1) is 7.98. The summed E-state index contributed by atoms with van der Waals surface area (Å²) in [6.45, 7) is 5.33. The van der Waals surface area contributed by atoms with Gasteiger partial charge in [-0.25, -0.2) is 0 Å². The highest BCUT2D eigenvalue weighted by Crippen LogP contribution is 2.31. The van der Waals surface area contributed by atoms with E-state index in [9.17, 15) is 13.2 Å². The molecule has 1 fully saturated rings. The third kappa shape index (κ3) is 4.84. The summed E-state index contributed by atoms with van der Waals surface area (Å²) in [5, 5.41) is 3.18. The smallest absolute Gasteiger partial charge is 0.378 e. The molecule has 0 amide bonds. The van der Waals surface area contributed by atoms with Crippen LogP contribution in [-0.2, 0) is 4.74 Å². The molecular weight excluding hydrogens is 231 g/mol. The lowest BCUT2D eigenvalue weighted by atomic mass is 9.88. The van der Waals surface area contributed by atoms with Crippen molar-refractivity contribution in [3.05, 3.63) is 0 Å². The first-order valence-corrected chi connectivity index (χ1v) is 6.39. The summed E-state index contributed by atoms with van der Waals surface area (Å²) in [4.78, 5) is 0. The van der Waals surface area contributed by atoms with Crippen LogP contribution < -0.4 is 5.32 Å². The molecular formula is C12H22F3NO. The van der Waals surface area contributed by atoms with Gasteiger partial charge in [0.05, 0.1) is 6.10 Å². The predicted molar refractivity (Wildman–Crippen MR) is 60.9 cm³/mol. The maximum atomic E-state index is 12.3. The van der Waals surface area contributed by atoms with Crippen LogP contribution in [0, 0.1) is 5.92 Å². The molecule has 0 aliphatic carbocycles. The number of nitrogens with one attached hydrogen (secondary N) is 1. The van der Waals surface area contributed by atoms with Crippen LogP contribution >= 0.6 is 0 Å². The van der Waals surface area contributed by atoms with Gasteiger partial charge in [-0.1, -0.05) is 13.8 Å². The fourth-order valence-corrected chi connectivity index (χ4v) is 2.59. The third-order valence-corrected chi connectivity index (χ3v) is 3.38. The molecule has 1 aliphatic rings. The Labute approximate surface area is 101 Å². The summed E-state index contributed by atoms with van der Waals surface area (Å²) in [5.74, 6) is 0.224. The fraction of sp³-hybridized carbons (Fsp3) is 1.00. The van der Waals surface area contributed by atoms with Crippen molar-refractivity contribution in [1.82, 2.24) is 5.32 Å². The molecule has 5 heteroatoms. The Kier molecular flexibility index (Phi) is 5.73. The van der Waals surface area contributed by atoms with Crippen molar-refractivity contribution in [2.24, 2.45) is 5.92 Å². The van der Waals surface area contributed by atoms with Gasteiger partial charge in [0.15, 0.2) is 0 Å². The van der Waals surface area contributed by atoms with Crippen LogP contribution in [0.15, 0.2) is 0 Å². The molecule has 1 rings (SSSR count). The number of rotatable bonds is 6. The van der Waals surface area contributed by atoms with E-state index in [1.165, 1.54) is 0 Å². The highest BCUT2D eigenvalue weighted by molar-refractivity contribution is 4.86. The van der Waals surface area contributed by atoms with Crippen LogP contribution in [0.25, 0.3) is 0 Å². The number of ether oxygens (including phenoxy) is 1. The Bertz CT molecular complexity index is 220. The Morgan fingerprint density at radius 3 is 2.59 bits per heavy atom. The number of hydrogen-bond donors (Lipinski definition) is 1. The molecule has 0 saturated carbocycles. The van der Waals surface area contributed by atoms with Gasteiger partial charge in [0.2, 0.25) is 0 Å². The minimum atomic E-state index is -4.06. The van der Waals surface area contributed by atoms with Gasteiger partial charge in [0.1, 0.15) is 0 Å². The SMILES string of the molecule is CCNC(CCC(F)(F)F)C1CCOC1CC. The lowest BCUT2D eigenvalue weighted by Gasteiger charge is -2.28. The third-order valence-electron chi connectivity index (χ3n) is 3.38. The van der Waals surface area contributed by atoms with E-state index in [0.717, 1.165) is 12.8 Å². The van der Waals surface area contributed by atoms with Crippen molar-refractivity contribution in [3.8, 4) is 0 Å². The maximum Gasteiger partial charge on any atom is 0.389 e. The summed E-state index contributed by atoms with van der Waals surface area (Å²) >= 11 is 0. The Morgan fingerprint density at radius 1 is 1.35 bits per heavy atom. The molecule has 0 aromatic carbocycles. The molecule has 3 atom stereocenters. The topological polar surface area (TPSA) is 21.3 Å². The van der Waals surface area contributed by atoms with Crippen molar-refractivity contribution in [3.63, 3.8) is 0 Å². The number of hydrogen-bond acceptors (Lipinski definition) is 2. The van der Waals surface area contributed by atoms with Crippen LogP contribution in [0.4, 0.5) is 13.2 Å². The van der Waals surface area contributed by atoms with E-state index in [2.05, 4.69) is 5.32 Å². The van der Waals surface area contributed by atoms with Crippen LogP contribution in [0.3, 0.4) is 0 Å². The highest BCUT2D eigenvalue weighted by atomic mass is 19.4. The van der Waals surface area contributed by atoms with E-state index in [-0.39, 0.29) is 24.5 Å². The zero-order chi connectivity index (χ0) is 12.9. The predicted octanol–water partition coefficient (Wildman–Crippen LogP) is 3.12. The van der Waals surface area contributed by atoms with Gasteiger partial charge in [0.25, 0.3) is 0 Å². The van der Waals surface area contributed by atoms with Crippen molar-refractivity contribution in [2.75, 3.05) is 13.2 Å². The molecule has 3 unspecified atom stereocenters. The van der Waals surface area contributed by atoms with Gasteiger partial charge in [-0.3, -0.25) is 0 Å². The van der Waals surface area contributed by atoms with E-state index >= 15 is 0 Å². The Hall–Kier alpha value is -0.290. The van der Waals surface area contributed by atoms with Crippen molar-refractivity contribution < 1.29 is 17.9 Å². The lowest BCUT2D eigenvalue weighted by molar-refractivity contribution is -0.137. The van der Waals surface area contributed by atoms with Crippen molar-refractivity contribution in [2.45, 2.75) is 57.9 Å². The van der Waals surface area contributed by atoms with Gasteiger partial charge < -0.3 is 10.1 Å². The molecule has 102 valence electrons. The molecule has 1 saturated heterocycles. The van der Waals surface area contributed by atoms with Crippen LogP contribution in [0.1, 0.15) is 39.5 Å². The summed E-state index contributed by atoms with van der Waals surface area (Å²) in [6.07, 6.45) is -2.76. The van der Waals surface area contributed by atoms with Crippen molar-refractivity contribution >= 4 is 0 Å². The van der Waals surface area contributed by atoms with E-state index in [1.54, 1.807) is 0 Å². The second kappa shape index (κ2) is 6.59. The summed E-state index contributed by atoms with van der Waals surface area (Å²) in [7, 11) is 0. The quantitative estimate of drug-likeness (QED) is 0.785. The molecule has 1 heterocycles. The summed E-state index contributed by atoms with van der Waals surface area (Å²) in [5.41, 5.74) is 0. The molecule has 0 spiro atoms. The molecule has 1 aliphatic heterocycles. The first kappa shape index (κ1) is 14.8. The minimum Gasteiger partial charge on any atom is -0.378 e. The number of halogens is 3. The van der Waals surface area contributed by atoms with Crippen LogP contribution in [0.2, 0.25) is 0 Å². The summed E-state index contributed by atoms with van der Waals surface area (Å²) in [6, 6.07) is -0.0749. The standard InChI is InChI=1S/C12H22F3NO/c1-3-11-9(6-8-17-11)10(16-4-2)5-7-12(13,14)15/h9-11,16H,3-8H2,1-2H3. The van der Waals surface area contributed by atoms with Gasteiger partial charge in [0, 0.05) is 25.0 Å². The minimum absolute atomic E-state index is 0.0749. The Morgan fingerprint density at radius 2 is 2.06 bits per heavy atom. The van der Waals surface area contributed by atoms with Crippen LogP contribution in [0.5, 0.6) is 0 Å². The van der Waals surface area contributed by atoms with Crippen LogP contribution in [-0.4, -0.2) is 31.5 Å². The summed E-state index contributed by atoms with van der Waals surface area (Å²) < 4.78 is 42.3. The molecule has 0 bridgehead atoms. The molecule has 0 aromatic heterocycles. The van der Waals surface area contributed by atoms with Gasteiger partial charge >= 0.3 is 6.18 Å². The molecule has 0 aromatic rings. The molecule has 17 heavy (non-hydrogen) atoms. The zero-order valence-corrected chi connectivity index (χ0v) is 10.5. The van der Waals surface area contributed by atoms with Crippen molar-refractivity contribution in [1.29, 1.82) is 0 Å². The van der Waals surface area contributed by atoms with E-state index < -0.39 is 12.6 Å².